The van der Waals surface area contributed by atoms with E-state index in [-0.39, 0.29) is 35.5 Å². The Morgan fingerprint density at radius 1 is 1.17 bits per heavy atom. The first-order chi connectivity index (χ1) is 14.4. The molecule has 0 bridgehead atoms. The van der Waals surface area contributed by atoms with Crippen LogP contribution in [0.5, 0.6) is 0 Å². The lowest BCUT2D eigenvalue weighted by molar-refractivity contribution is -0.116. The molecule has 152 valence electrons. The number of amides is 2. The molecule has 0 fully saturated rings. The fourth-order valence-corrected chi connectivity index (χ4v) is 3.12. The number of nitrogens with zero attached hydrogens (tertiary/aromatic N) is 4. The summed E-state index contributed by atoms with van der Waals surface area (Å²) >= 11 is 0. The first-order valence-corrected chi connectivity index (χ1v) is 8.89. The molecule has 1 aliphatic heterocycles. The average Bonchev–Trinajstić information content (AvgIpc) is 3.16. The number of halogens is 1. The van der Waals surface area contributed by atoms with E-state index < -0.39 is 23.8 Å². The second-order valence-corrected chi connectivity index (χ2v) is 6.55. The maximum atomic E-state index is 13.4. The third-order valence-electron chi connectivity index (χ3n) is 4.52. The van der Waals surface area contributed by atoms with Gasteiger partial charge in [-0.05, 0) is 23.8 Å². The van der Waals surface area contributed by atoms with Crippen LogP contribution < -0.4 is 16.8 Å². The van der Waals surface area contributed by atoms with Crippen LogP contribution >= 0.6 is 0 Å². The number of rotatable bonds is 6. The first kappa shape index (κ1) is 19.2. The summed E-state index contributed by atoms with van der Waals surface area (Å²) in [6.07, 6.45) is 4.26. The van der Waals surface area contributed by atoms with Gasteiger partial charge in [0.25, 0.3) is 5.91 Å². The molecule has 0 spiro atoms. The third-order valence-corrected chi connectivity index (χ3v) is 4.52. The summed E-state index contributed by atoms with van der Waals surface area (Å²) in [6.45, 7) is 0.197. The number of carbonyl (C=O) groups is 2. The monoisotopic (exact) mass is 409 g/mol. The molecule has 5 N–H and O–H groups in total. The summed E-state index contributed by atoms with van der Waals surface area (Å²) in [6, 6.07) is 5.98. The van der Waals surface area contributed by atoms with E-state index in [0.29, 0.717) is 11.3 Å². The number of carbonyl (C=O) groups excluding carboxylic acids is 2. The number of aromatic nitrogens is 3. The normalized spacial score (nSPS) is 19.4. The van der Waals surface area contributed by atoms with E-state index >= 15 is 0 Å². The van der Waals surface area contributed by atoms with Crippen LogP contribution in [0.3, 0.4) is 0 Å². The van der Waals surface area contributed by atoms with E-state index in [9.17, 15) is 14.0 Å². The highest BCUT2D eigenvalue weighted by Crippen LogP contribution is 2.31. The van der Waals surface area contributed by atoms with Crippen molar-refractivity contribution in [2.75, 3.05) is 5.32 Å². The summed E-state index contributed by atoms with van der Waals surface area (Å²) in [5, 5.41) is 6.90. The molecule has 0 radical (unpaired) electrons. The van der Waals surface area contributed by atoms with E-state index in [1.54, 1.807) is 30.4 Å². The Labute approximate surface area is 169 Å². The van der Waals surface area contributed by atoms with Gasteiger partial charge in [-0.25, -0.2) is 9.37 Å². The summed E-state index contributed by atoms with van der Waals surface area (Å²) in [5.41, 5.74) is 11.9. The van der Waals surface area contributed by atoms with Crippen molar-refractivity contribution >= 4 is 23.5 Å². The summed E-state index contributed by atoms with van der Waals surface area (Å²) in [7, 11) is 0. The van der Waals surface area contributed by atoms with Crippen LogP contribution in [0.4, 0.5) is 10.3 Å². The molecule has 2 aromatic rings. The third kappa shape index (κ3) is 3.72. The molecule has 10 nitrogen and oxygen atoms in total. The number of allylic oxidation sites excluding steroid dienone is 2. The Hall–Kier alpha value is -4.15. The van der Waals surface area contributed by atoms with Crippen LogP contribution in [-0.2, 0) is 16.2 Å². The molecular weight excluding hydrogens is 393 g/mol. The minimum atomic E-state index is -0.861. The molecule has 2 atom stereocenters. The molecular formula is C19H16FN7O3. The molecule has 1 aromatic heterocycles. The van der Waals surface area contributed by atoms with Gasteiger partial charge in [-0.2, -0.15) is 9.97 Å². The molecule has 2 unspecified atom stereocenters. The summed E-state index contributed by atoms with van der Waals surface area (Å²) in [5.74, 6) is -2.51. The lowest BCUT2D eigenvalue weighted by atomic mass is 9.87. The number of benzene rings is 1. The molecule has 1 aliphatic carbocycles. The molecule has 0 saturated carbocycles. The van der Waals surface area contributed by atoms with Gasteiger partial charge < -0.3 is 21.6 Å². The van der Waals surface area contributed by atoms with E-state index in [4.69, 9.17) is 16.3 Å². The van der Waals surface area contributed by atoms with Crippen molar-refractivity contribution in [3.8, 4) is 0 Å². The molecule has 0 saturated heterocycles. The zero-order valence-corrected chi connectivity index (χ0v) is 15.4. The van der Waals surface area contributed by atoms with Gasteiger partial charge in [0.15, 0.2) is 11.9 Å². The fourth-order valence-electron chi connectivity index (χ4n) is 3.12. The van der Waals surface area contributed by atoms with Gasteiger partial charge in [-0.15, -0.1) is 0 Å². The Bertz CT molecular complexity index is 1130. The van der Waals surface area contributed by atoms with Crippen molar-refractivity contribution in [1.29, 1.82) is 0 Å². The van der Waals surface area contributed by atoms with Crippen molar-refractivity contribution < 1.29 is 18.8 Å². The number of oxime groups is 1. The van der Waals surface area contributed by atoms with Crippen LogP contribution in [0.25, 0.3) is 0 Å². The number of fused-ring (bicyclic) bond motifs is 1. The Morgan fingerprint density at radius 2 is 2.00 bits per heavy atom. The highest BCUT2D eigenvalue weighted by molar-refractivity contribution is 6.05. The van der Waals surface area contributed by atoms with E-state index in [0.717, 1.165) is 0 Å². The van der Waals surface area contributed by atoms with Gasteiger partial charge in [0.05, 0.1) is 11.5 Å². The van der Waals surface area contributed by atoms with Crippen LogP contribution in [0, 0.1) is 11.7 Å². The highest BCUT2D eigenvalue weighted by atomic mass is 19.1. The number of nitrogens with one attached hydrogen (secondary N) is 1. The van der Waals surface area contributed by atoms with E-state index in [1.165, 1.54) is 12.1 Å². The van der Waals surface area contributed by atoms with Crippen molar-refractivity contribution in [2.24, 2.45) is 22.5 Å². The van der Waals surface area contributed by atoms with Crippen LogP contribution in [0.1, 0.15) is 22.0 Å². The molecule has 4 rings (SSSR count). The van der Waals surface area contributed by atoms with Gasteiger partial charge in [0, 0.05) is 6.54 Å². The molecule has 11 heteroatoms. The molecule has 2 aliphatic rings. The quantitative estimate of drug-likeness (QED) is 0.623. The van der Waals surface area contributed by atoms with E-state index in [2.05, 4.69) is 25.4 Å². The van der Waals surface area contributed by atoms with Crippen molar-refractivity contribution in [2.45, 2.75) is 12.6 Å². The standard InChI is InChI=1S/C19H16FN7O3/c20-10-4-1-3-9(7-10)8-23-19-25-17(24-18(26-19)16(22)29)13-11-5-2-6-12(15(21)28)14(11)30-27-13/h1-7,11,14H,8H2,(H2,21,28)(H2,22,29)(H,23,24,25,26). The summed E-state index contributed by atoms with van der Waals surface area (Å²) < 4.78 is 13.4. The number of nitrogens with two attached hydrogens (primary N) is 2. The molecule has 2 heterocycles. The van der Waals surface area contributed by atoms with Gasteiger partial charge in [-0.3, -0.25) is 9.59 Å². The lowest BCUT2D eigenvalue weighted by Gasteiger charge is -2.19. The maximum absolute atomic E-state index is 13.4. The Kier molecular flexibility index (Phi) is 4.92. The highest BCUT2D eigenvalue weighted by Gasteiger charge is 2.40. The number of hydrogen-bond acceptors (Lipinski definition) is 8. The SMILES string of the molecule is NC(=O)C1=CC=CC2C(c3nc(NCc4cccc(F)c4)nc(C(N)=O)n3)=NOC12. The lowest BCUT2D eigenvalue weighted by Crippen LogP contribution is -2.33. The first-order valence-electron chi connectivity index (χ1n) is 8.89. The van der Waals surface area contributed by atoms with Crippen LogP contribution in [0.2, 0.25) is 0 Å². The number of hydrogen-bond donors (Lipinski definition) is 3. The van der Waals surface area contributed by atoms with Gasteiger partial charge in [0.1, 0.15) is 11.5 Å². The Balaban J connectivity index is 1.62. The van der Waals surface area contributed by atoms with Crippen molar-refractivity contribution in [3.63, 3.8) is 0 Å². The second-order valence-electron chi connectivity index (χ2n) is 6.55. The van der Waals surface area contributed by atoms with Crippen molar-refractivity contribution in [3.05, 3.63) is 71.1 Å². The fraction of sp³-hybridized carbons (Fsp3) is 0.158. The van der Waals surface area contributed by atoms with Gasteiger partial charge in [-0.1, -0.05) is 29.4 Å². The smallest absolute Gasteiger partial charge is 0.286 e. The zero-order valence-electron chi connectivity index (χ0n) is 15.4. The predicted octanol–water partition coefficient (Wildman–Crippen LogP) is 0.422. The maximum Gasteiger partial charge on any atom is 0.286 e. The minimum absolute atomic E-state index is 0.0506. The van der Waals surface area contributed by atoms with E-state index in [1.807, 2.05) is 0 Å². The zero-order chi connectivity index (χ0) is 21.3. The average molecular weight is 409 g/mol. The van der Waals surface area contributed by atoms with Gasteiger partial charge >= 0.3 is 0 Å². The topological polar surface area (TPSA) is 158 Å². The number of anilines is 1. The summed E-state index contributed by atoms with van der Waals surface area (Å²) in [4.78, 5) is 41.0. The van der Waals surface area contributed by atoms with Crippen LogP contribution in [-0.4, -0.2) is 38.6 Å². The number of primary amides is 2. The molecule has 1 aromatic carbocycles. The van der Waals surface area contributed by atoms with Crippen molar-refractivity contribution in [1.82, 2.24) is 15.0 Å². The molecule has 30 heavy (non-hydrogen) atoms. The van der Waals surface area contributed by atoms with Crippen LogP contribution in [0.15, 0.2) is 53.2 Å². The largest absolute Gasteiger partial charge is 0.386 e. The minimum Gasteiger partial charge on any atom is -0.386 e. The molecule has 2 amide bonds. The van der Waals surface area contributed by atoms with Gasteiger partial charge in [0.2, 0.25) is 17.7 Å². The Morgan fingerprint density at radius 3 is 2.73 bits per heavy atom. The second kappa shape index (κ2) is 7.70. The predicted molar refractivity (Wildman–Crippen MR) is 103 cm³/mol.